The number of hydrogen-bond acceptors (Lipinski definition) is 10. The number of sulfone groups is 1. The molecule has 13 nitrogen and oxygen atoms in total. The smallest absolute Gasteiger partial charge is 0.369 e. The lowest BCUT2D eigenvalue weighted by Gasteiger charge is -2.21. The largest absolute Gasteiger partial charge is 0.388 e. The number of halogens is 1. The van der Waals surface area contributed by atoms with Crippen molar-refractivity contribution in [2.75, 3.05) is 18.1 Å². The second-order valence-electron chi connectivity index (χ2n) is 6.33. The molecule has 0 radical (unpaired) electrons. The second-order valence-corrected chi connectivity index (χ2v) is 11.0. The fraction of sp³-hybridized carbons (Fsp3) is 0.615. The van der Waals surface area contributed by atoms with Gasteiger partial charge in [-0.15, -0.1) is 0 Å². The Morgan fingerprint density at radius 2 is 2.17 bits per heavy atom. The molecule has 0 bridgehead atoms. The van der Waals surface area contributed by atoms with Crippen molar-refractivity contribution < 1.29 is 37.3 Å². The van der Waals surface area contributed by atoms with Gasteiger partial charge in [-0.3, -0.25) is 9.13 Å². The van der Waals surface area contributed by atoms with Crippen LogP contribution in [0.5, 0.6) is 0 Å². The topological polar surface area (TPSA) is 200 Å². The molecule has 2 aromatic heterocycles. The lowest BCUT2D eigenvalue weighted by atomic mass is 10.2. The highest BCUT2D eigenvalue weighted by Gasteiger charge is 2.43. The van der Waals surface area contributed by atoms with Gasteiger partial charge in [0.05, 0.1) is 24.8 Å². The van der Waals surface area contributed by atoms with Crippen LogP contribution in [0.1, 0.15) is 19.6 Å². The predicted octanol–water partition coefficient (Wildman–Crippen LogP) is -0.377. The highest BCUT2D eigenvalue weighted by atomic mass is 35.5. The molecule has 0 aromatic carbocycles. The van der Waals surface area contributed by atoms with Gasteiger partial charge >= 0.3 is 7.60 Å². The maximum absolute atomic E-state index is 11.9. The molecule has 2 aromatic rings. The molecule has 1 aliphatic rings. The van der Waals surface area contributed by atoms with E-state index in [2.05, 4.69) is 15.0 Å². The fourth-order valence-corrected chi connectivity index (χ4v) is 6.07. The summed E-state index contributed by atoms with van der Waals surface area (Å²) < 4.78 is 47.4. The van der Waals surface area contributed by atoms with Crippen molar-refractivity contribution >= 4 is 46.0 Å². The molecule has 162 valence electrons. The molecule has 1 fully saturated rings. The van der Waals surface area contributed by atoms with E-state index in [1.54, 1.807) is 0 Å². The molecule has 0 aliphatic carbocycles. The average Bonchev–Trinajstić information content (AvgIpc) is 3.16. The molecule has 5 N–H and O–H groups in total. The van der Waals surface area contributed by atoms with Gasteiger partial charge < -0.3 is 30.1 Å². The number of fused-ring (bicyclic) bond motifs is 1. The monoisotopic (exact) mass is 471 g/mol. The lowest BCUT2D eigenvalue weighted by Crippen LogP contribution is -2.30. The zero-order valence-electron chi connectivity index (χ0n) is 15.0. The highest BCUT2D eigenvalue weighted by molar-refractivity contribution is 7.98. The molecule has 0 spiro atoms. The number of nitrogens with zero attached hydrogens (tertiary/aromatic N) is 4. The second kappa shape index (κ2) is 8.04. The van der Waals surface area contributed by atoms with Crippen LogP contribution in [-0.2, 0) is 23.9 Å². The van der Waals surface area contributed by atoms with Gasteiger partial charge in [-0.1, -0.05) is 6.92 Å². The summed E-state index contributed by atoms with van der Waals surface area (Å²) in [7, 11) is -9.26. The molecule has 1 saturated heterocycles. The predicted molar refractivity (Wildman–Crippen MR) is 101 cm³/mol. The van der Waals surface area contributed by atoms with Crippen molar-refractivity contribution in [2.24, 2.45) is 0 Å². The third kappa shape index (κ3) is 4.54. The lowest BCUT2D eigenvalue weighted by molar-refractivity contribution is -0.0595. The minimum atomic E-state index is -5.08. The number of nitrogens with two attached hydrogens (primary N) is 1. The zero-order valence-corrected chi connectivity index (χ0v) is 17.5. The SMILES string of the molecule is CCS(=O)(=O)C(OC[C@@H]1C[C@@H](O)[C@H](n2cnc3c(N)nc(Cl)nc32)O1)P(=O)(O)O. The van der Waals surface area contributed by atoms with Crippen LogP contribution in [0, 0.1) is 0 Å². The van der Waals surface area contributed by atoms with E-state index in [-0.39, 0.29) is 28.7 Å². The molecule has 0 saturated carbocycles. The molecule has 3 rings (SSSR count). The normalized spacial score (nSPS) is 24.2. The number of anilines is 1. The van der Waals surface area contributed by atoms with Crippen molar-refractivity contribution in [3.05, 3.63) is 11.6 Å². The van der Waals surface area contributed by atoms with Crippen molar-refractivity contribution in [3.63, 3.8) is 0 Å². The van der Waals surface area contributed by atoms with Crippen LogP contribution in [-0.4, -0.2) is 72.6 Å². The minimum Gasteiger partial charge on any atom is -0.388 e. The highest BCUT2D eigenvalue weighted by Crippen LogP contribution is 2.45. The summed E-state index contributed by atoms with van der Waals surface area (Å²) in [6.07, 6.45) is -1.55. The van der Waals surface area contributed by atoms with E-state index in [0.717, 1.165) is 0 Å². The van der Waals surface area contributed by atoms with E-state index in [1.165, 1.54) is 17.8 Å². The Balaban J connectivity index is 1.77. The number of aromatic nitrogens is 4. The molecule has 3 heterocycles. The number of aliphatic hydroxyl groups is 1. The maximum atomic E-state index is 11.9. The first-order valence-corrected chi connectivity index (χ1v) is 12.1. The summed E-state index contributed by atoms with van der Waals surface area (Å²) in [5.74, 6) is -0.469. The number of hydrogen-bond donors (Lipinski definition) is 4. The van der Waals surface area contributed by atoms with E-state index in [4.69, 9.17) is 26.8 Å². The molecule has 1 unspecified atom stereocenters. The van der Waals surface area contributed by atoms with E-state index in [1.807, 2.05) is 0 Å². The Bertz CT molecular complexity index is 1060. The van der Waals surface area contributed by atoms with E-state index in [9.17, 15) is 27.9 Å². The molecular weight excluding hydrogens is 453 g/mol. The standard InChI is InChI=1S/C13H19ClN5O8PS/c1-2-29(24,25)13(28(21,22)23)26-4-6-3-7(20)11(27-6)19-5-16-8-9(15)17-12(14)18-10(8)19/h5-7,11,13,20H,2-4H2,1H3,(H2,15,17,18)(H2,21,22,23)/t6-,7+,11+,13?/m0/s1. The van der Waals surface area contributed by atoms with Crippen LogP contribution >= 0.6 is 19.2 Å². The van der Waals surface area contributed by atoms with Crippen molar-refractivity contribution in [1.82, 2.24) is 19.5 Å². The van der Waals surface area contributed by atoms with Crippen LogP contribution < -0.4 is 5.73 Å². The van der Waals surface area contributed by atoms with Crippen molar-refractivity contribution in [1.29, 1.82) is 0 Å². The number of nitrogen functional groups attached to an aromatic ring is 1. The molecule has 4 atom stereocenters. The van der Waals surface area contributed by atoms with Crippen LogP contribution in [0.25, 0.3) is 11.2 Å². The first-order valence-electron chi connectivity index (χ1n) is 8.31. The van der Waals surface area contributed by atoms with Crippen LogP contribution in [0.3, 0.4) is 0 Å². The Hall–Kier alpha value is -1.38. The molecular formula is C13H19ClN5O8PS. The summed E-state index contributed by atoms with van der Waals surface area (Å²) in [5.41, 5.74) is 6.21. The first-order chi connectivity index (χ1) is 13.4. The summed E-state index contributed by atoms with van der Waals surface area (Å²) in [5, 5.41) is 7.92. The quantitative estimate of drug-likeness (QED) is 0.302. The number of ether oxygens (including phenoxy) is 2. The van der Waals surface area contributed by atoms with E-state index < -0.39 is 53.4 Å². The number of imidazole rings is 1. The van der Waals surface area contributed by atoms with Gasteiger partial charge in [0.1, 0.15) is 11.6 Å². The van der Waals surface area contributed by atoms with Crippen LogP contribution in [0.4, 0.5) is 5.82 Å². The Morgan fingerprint density at radius 1 is 1.48 bits per heavy atom. The summed E-state index contributed by atoms with van der Waals surface area (Å²) in [6.45, 7) is 0.781. The van der Waals surface area contributed by atoms with Crippen molar-refractivity contribution in [2.45, 2.75) is 37.0 Å². The fourth-order valence-electron chi connectivity index (χ4n) is 2.93. The molecule has 29 heavy (non-hydrogen) atoms. The Labute approximate surface area is 169 Å². The van der Waals surface area contributed by atoms with Gasteiger partial charge in [0.25, 0.3) is 5.18 Å². The van der Waals surface area contributed by atoms with Gasteiger partial charge in [-0.25, -0.2) is 13.4 Å². The molecule has 0 amide bonds. The first kappa shape index (κ1) is 22.3. The summed E-state index contributed by atoms with van der Waals surface area (Å²) >= 11 is 5.81. The van der Waals surface area contributed by atoms with Gasteiger partial charge in [0.15, 0.2) is 27.5 Å². The summed E-state index contributed by atoms with van der Waals surface area (Å²) in [6, 6.07) is 0. The summed E-state index contributed by atoms with van der Waals surface area (Å²) in [4.78, 5) is 30.5. The number of aliphatic hydroxyl groups excluding tert-OH is 1. The number of rotatable bonds is 7. The average molecular weight is 472 g/mol. The Morgan fingerprint density at radius 3 is 2.79 bits per heavy atom. The molecule has 16 heteroatoms. The molecule has 1 aliphatic heterocycles. The van der Waals surface area contributed by atoms with Gasteiger partial charge in [0, 0.05) is 6.42 Å². The van der Waals surface area contributed by atoms with E-state index >= 15 is 0 Å². The van der Waals surface area contributed by atoms with Crippen molar-refractivity contribution in [3.8, 4) is 0 Å². The minimum absolute atomic E-state index is 0.0126. The van der Waals surface area contributed by atoms with Gasteiger partial charge in [-0.2, -0.15) is 9.97 Å². The van der Waals surface area contributed by atoms with Gasteiger partial charge in [-0.05, 0) is 11.6 Å². The van der Waals surface area contributed by atoms with E-state index in [0.29, 0.717) is 0 Å². The van der Waals surface area contributed by atoms with Crippen LogP contribution in [0.15, 0.2) is 6.33 Å². The Kier molecular flexibility index (Phi) is 6.18. The third-order valence-electron chi connectivity index (χ3n) is 4.27. The zero-order chi connectivity index (χ0) is 21.6. The van der Waals surface area contributed by atoms with Crippen LogP contribution in [0.2, 0.25) is 5.28 Å². The third-order valence-corrected chi connectivity index (χ3v) is 8.48. The van der Waals surface area contributed by atoms with Gasteiger partial charge in [0.2, 0.25) is 5.28 Å². The maximum Gasteiger partial charge on any atom is 0.369 e.